The third-order valence-corrected chi connectivity index (χ3v) is 2.82. The minimum Gasteiger partial charge on any atom is -0.357 e. The van der Waals surface area contributed by atoms with E-state index in [-0.39, 0.29) is 0 Å². The van der Waals surface area contributed by atoms with Gasteiger partial charge in [0.1, 0.15) is 0 Å². The highest BCUT2D eigenvalue weighted by molar-refractivity contribution is 5.41. The molecule has 2 rings (SSSR count). The van der Waals surface area contributed by atoms with Crippen molar-refractivity contribution in [3.8, 4) is 0 Å². The van der Waals surface area contributed by atoms with Crippen molar-refractivity contribution < 1.29 is 4.52 Å². The lowest BCUT2D eigenvalue weighted by atomic mass is 10.1. The maximum Gasteiger partial charge on any atom is 0.159 e. The molecule has 1 aromatic rings. The Morgan fingerprint density at radius 2 is 2.64 bits per heavy atom. The van der Waals surface area contributed by atoms with Crippen molar-refractivity contribution in [2.75, 3.05) is 13.6 Å². The molecule has 0 spiro atoms. The average molecular weight is 192 g/mol. The van der Waals surface area contributed by atoms with E-state index in [1.807, 2.05) is 12.1 Å². The van der Waals surface area contributed by atoms with Crippen LogP contribution in [0.25, 0.3) is 6.08 Å². The van der Waals surface area contributed by atoms with Crippen LogP contribution in [0.15, 0.2) is 22.9 Å². The van der Waals surface area contributed by atoms with Crippen molar-refractivity contribution in [2.45, 2.75) is 25.3 Å². The third kappa shape index (κ3) is 2.23. The lowest BCUT2D eigenvalue weighted by Crippen LogP contribution is -2.23. The van der Waals surface area contributed by atoms with Gasteiger partial charge in [0.25, 0.3) is 0 Å². The van der Waals surface area contributed by atoms with Crippen LogP contribution in [-0.2, 0) is 0 Å². The molecule has 0 bridgehead atoms. The van der Waals surface area contributed by atoms with Gasteiger partial charge in [-0.3, -0.25) is 0 Å². The lowest BCUT2D eigenvalue weighted by molar-refractivity contribution is 0.313. The van der Waals surface area contributed by atoms with Crippen molar-refractivity contribution in [1.29, 1.82) is 0 Å². The molecule has 0 amide bonds. The zero-order valence-electron chi connectivity index (χ0n) is 8.52. The zero-order valence-corrected chi connectivity index (χ0v) is 8.52. The number of aromatic nitrogens is 1. The Bertz CT molecular complexity index is 292. The Morgan fingerprint density at radius 1 is 1.71 bits per heavy atom. The fourth-order valence-electron chi connectivity index (χ4n) is 1.93. The highest BCUT2D eigenvalue weighted by Gasteiger charge is 2.18. The molecule has 1 aliphatic heterocycles. The Labute approximate surface area is 84.4 Å². The van der Waals surface area contributed by atoms with Gasteiger partial charge in [-0.05, 0) is 38.9 Å². The van der Waals surface area contributed by atoms with E-state index in [0.717, 1.165) is 12.2 Å². The molecule has 2 heterocycles. The van der Waals surface area contributed by atoms with Gasteiger partial charge >= 0.3 is 0 Å². The summed E-state index contributed by atoms with van der Waals surface area (Å²) in [4.78, 5) is 2.42. The minimum absolute atomic E-state index is 0.717. The summed E-state index contributed by atoms with van der Waals surface area (Å²) >= 11 is 0. The largest absolute Gasteiger partial charge is 0.357 e. The molecular formula is C11H16N2O. The third-order valence-electron chi connectivity index (χ3n) is 2.82. The van der Waals surface area contributed by atoms with E-state index in [2.05, 4.69) is 23.2 Å². The molecule has 0 saturated carbocycles. The van der Waals surface area contributed by atoms with Crippen LogP contribution in [0.3, 0.4) is 0 Å². The van der Waals surface area contributed by atoms with Gasteiger partial charge in [0.15, 0.2) is 5.76 Å². The molecule has 1 aliphatic rings. The summed E-state index contributed by atoms with van der Waals surface area (Å²) in [6, 6.07) is 2.59. The highest BCUT2D eigenvalue weighted by atomic mass is 16.5. The molecule has 1 atom stereocenters. The lowest BCUT2D eigenvalue weighted by Gasteiger charge is -2.16. The monoisotopic (exact) mass is 192 g/mol. The summed E-state index contributed by atoms with van der Waals surface area (Å²) in [5.74, 6) is 0.839. The Kier molecular flexibility index (Phi) is 2.99. The molecule has 0 N–H and O–H groups in total. The number of likely N-dealkylation sites (tertiary alicyclic amines) is 1. The Morgan fingerprint density at radius 3 is 3.29 bits per heavy atom. The van der Waals surface area contributed by atoms with Crippen molar-refractivity contribution in [3.05, 3.63) is 24.1 Å². The van der Waals surface area contributed by atoms with Crippen LogP contribution in [0.4, 0.5) is 0 Å². The number of rotatable bonds is 3. The summed E-state index contributed by atoms with van der Waals surface area (Å²) in [5.41, 5.74) is 0. The highest BCUT2D eigenvalue weighted by Crippen LogP contribution is 2.18. The first kappa shape index (κ1) is 9.46. The van der Waals surface area contributed by atoms with Crippen LogP contribution in [0.5, 0.6) is 0 Å². The second kappa shape index (κ2) is 4.42. The van der Waals surface area contributed by atoms with Gasteiger partial charge in [0, 0.05) is 12.1 Å². The minimum atomic E-state index is 0.717. The van der Waals surface area contributed by atoms with Crippen LogP contribution < -0.4 is 0 Å². The smallest absolute Gasteiger partial charge is 0.159 e. The van der Waals surface area contributed by atoms with Crippen molar-refractivity contribution in [3.63, 3.8) is 0 Å². The van der Waals surface area contributed by atoms with Crippen molar-refractivity contribution in [1.82, 2.24) is 10.1 Å². The van der Waals surface area contributed by atoms with Gasteiger partial charge in [-0.1, -0.05) is 11.2 Å². The molecule has 0 aliphatic carbocycles. The molecule has 3 heteroatoms. The predicted octanol–water partition coefficient (Wildman–Crippen LogP) is 2.17. The maximum atomic E-state index is 4.97. The van der Waals surface area contributed by atoms with Crippen LogP contribution in [0.1, 0.15) is 25.0 Å². The fraction of sp³-hybridized carbons (Fsp3) is 0.545. The van der Waals surface area contributed by atoms with Gasteiger partial charge in [0.05, 0.1) is 6.20 Å². The SMILES string of the molecule is CN1CCCC1CC=Cc1ccno1. The summed E-state index contributed by atoms with van der Waals surface area (Å²) in [5, 5.41) is 3.65. The summed E-state index contributed by atoms with van der Waals surface area (Å²) in [6.07, 6.45) is 9.60. The van der Waals surface area contributed by atoms with Crippen LogP contribution in [0.2, 0.25) is 0 Å². The standard InChI is InChI=1S/C11H16N2O/c1-13-9-3-5-10(13)4-2-6-11-7-8-12-14-11/h2,6-8,10H,3-5,9H2,1H3. The van der Waals surface area contributed by atoms with E-state index in [9.17, 15) is 0 Å². The molecule has 0 radical (unpaired) electrons. The molecule has 76 valence electrons. The summed E-state index contributed by atoms with van der Waals surface area (Å²) < 4.78 is 4.97. The number of hydrogen-bond acceptors (Lipinski definition) is 3. The van der Waals surface area contributed by atoms with E-state index in [1.54, 1.807) is 6.20 Å². The van der Waals surface area contributed by atoms with Gasteiger partial charge in [-0.15, -0.1) is 0 Å². The average Bonchev–Trinajstić information content (AvgIpc) is 2.78. The number of hydrogen-bond donors (Lipinski definition) is 0. The molecule has 1 fully saturated rings. The normalized spacial score (nSPS) is 23.6. The maximum absolute atomic E-state index is 4.97. The van der Waals surface area contributed by atoms with E-state index < -0.39 is 0 Å². The van der Waals surface area contributed by atoms with E-state index >= 15 is 0 Å². The molecule has 1 aromatic heterocycles. The topological polar surface area (TPSA) is 29.3 Å². The fourth-order valence-corrected chi connectivity index (χ4v) is 1.93. The number of nitrogens with zero attached hydrogens (tertiary/aromatic N) is 2. The second-order valence-corrected chi connectivity index (χ2v) is 3.83. The van der Waals surface area contributed by atoms with Gasteiger partial charge in [-0.25, -0.2) is 0 Å². The van der Waals surface area contributed by atoms with Crippen molar-refractivity contribution in [2.24, 2.45) is 0 Å². The Balaban J connectivity index is 1.82. The second-order valence-electron chi connectivity index (χ2n) is 3.83. The van der Waals surface area contributed by atoms with E-state index in [4.69, 9.17) is 4.52 Å². The molecule has 3 nitrogen and oxygen atoms in total. The molecule has 14 heavy (non-hydrogen) atoms. The van der Waals surface area contributed by atoms with Crippen LogP contribution in [0, 0.1) is 0 Å². The van der Waals surface area contributed by atoms with Crippen LogP contribution >= 0.6 is 0 Å². The predicted molar refractivity (Wildman–Crippen MR) is 55.8 cm³/mol. The molecule has 0 aromatic carbocycles. The molecule has 1 unspecified atom stereocenters. The summed E-state index contributed by atoms with van der Waals surface area (Å²) in [6.45, 7) is 1.24. The van der Waals surface area contributed by atoms with Gasteiger partial charge in [-0.2, -0.15) is 0 Å². The first-order valence-electron chi connectivity index (χ1n) is 5.14. The van der Waals surface area contributed by atoms with E-state index in [1.165, 1.54) is 19.4 Å². The Hall–Kier alpha value is -1.09. The van der Waals surface area contributed by atoms with Crippen LogP contribution in [-0.4, -0.2) is 29.7 Å². The van der Waals surface area contributed by atoms with Gasteiger partial charge < -0.3 is 9.42 Å². The quantitative estimate of drug-likeness (QED) is 0.735. The first-order chi connectivity index (χ1) is 6.86. The summed E-state index contributed by atoms with van der Waals surface area (Å²) in [7, 11) is 2.19. The molecule has 1 saturated heterocycles. The van der Waals surface area contributed by atoms with Crippen molar-refractivity contribution >= 4 is 6.08 Å². The molecular weight excluding hydrogens is 176 g/mol. The first-order valence-corrected chi connectivity index (χ1v) is 5.14. The van der Waals surface area contributed by atoms with Gasteiger partial charge in [0.2, 0.25) is 0 Å². The zero-order chi connectivity index (χ0) is 9.80. The van der Waals surface area contributed by atoms with E-state index in [0.29, 0.717) is 6.04 Å².